The number of ether oxygens (including phenoxy) is 1. The van der Waals surface area contributed by atoms with Crippen molar-refractivity contribution < 1.29 is 22.7 Å². The van der Waals surface area contributed by atoms with Gasteiger partial charge in [-0.05, 0) is 56.0 Å². The average Bonchev–Trinajstić information content (AvgIpc) is 3.38. The van der Waals surface area contributed by atoms with E-state index >= 15 is 0 Å². The molecular formula is C26H30F3N7O3. The number of aryl methyl sites for hydroxylation is 1. The molecule has 5 rings (SSSR count). The number of hydrogen-bond donors (Lipinski definition) is 2. The van der Waals surface area contributed by atoms with Crippen LogP contribution in [0.4, 0.5) is 24.5 Å². The Morgan fingerprint density at radius 2 is 2.00 bits per heavy atom. The van der Waals surface area contributed by atoms with Gasteiger partial charge < -0.3 is 24.8 Å². The van der Waals surface area contributed by atoms with Crippen molar-refractivity contribution in [3.8, 4) is 0 Å². The Bertz CT molecular complexity index is 1490. The molecule has 0 unspecified atom stereocenters. The lowest BCUT2D eigenvalue weighted by Gasteiger charge is -2.31. The van der Waals surface area contributed by atoms with Gasteiger partial charge in [-0.15, -0.1) is 5.10 Å². The molecule has 0 spiro atoms. The number of halogens is 3. The normalized spacial score (nSPS) is 16.2. The Morgan fingerprint density at radius 3 is 2.64 bits per heavy atom. The standard InChI is InChI=1S/C26H30F3N7O3/c1-3-19-22(34-11-9-30-10-12-34)24(38)36-25(32-23(33-36)20-6-4-5-13-39-20)35(19)15-21(37)31-18-8-7-17(14-16(18)2)26(27,28)29/h6-8,14,30H,3-5,9-13,15H2,1-2H3,(H,31,37). The molecule has 2 aliphatic rings. The van der Waals surface area contributed by atoms with Crippen LogP contribution in [-0.4, -0.2) is 57.9 Å². The zero-order chi connectivity index (χ0) is 27.7. The Labute approximate surface area is 222 Å². The zero-order valence-electron chi connectivity index (χ0n) is 21.8. The van der Waals surface area contributed by atoms with Crippen molar-refractivity contribution in [2.45, 2.75) is 45.8 Å². The summed E-state index contributed by atoms with van der Waals surface area (Å²) in [5.41, 5.74) is 0.532. The molecule has 1 saturated heterocycles. The first-order valence-electron chi connectivity index (χ1n) is 13.0. The number of amides is 1. The zero-order valence-corrected chi connectivity index (χ0v) is 21.8. The van der Waals surface area contributed by atoms with Gasteiger partial charge in [0.25, 0.3) is 5.56 Å². The molecule has 0 aliphatic carbocycles. The number of carbonyl (C=O) groups is 1. The molecule has 4 heterocycles. The molecule has 3 aromatic rings. The smallest absolute Gasteiger partial charge is 0.416 e. The second-order valence-electron chi connectivity index (χ2n) is 9.56. The highest BCUT2D eigenvalue weighted by Gasteiger charge is 2.31. The highest BCUT2D eigenvalue weighted by atomic mass is 19.4. The van der Waals surface area contributed by atoms with E-state index in [2.05, 4.69) is 20.7 Å². The maximum Gasteiger partial charge on any atom is 0.416 e. The maximum absolute atomic E-state index is 13.7. The first-order valence-corrected chi connectivity index (χ1v) is 13.0. The summed E-state index contributed by atoms with van der Waals surface area (Å²) in [6.07, 6.45) is -0.477. The number of alkyl halides is 3. The lowest BCUT2D eigenvalue weighted by molar-refractivity contribution is -0.137. The molecule has 0 bridgehead atoms. The van der Waals surface area contributed by atoms with Crippen LogP contribution in [0.25, 0.3) is 11.5 Å². The van der Waals surface area contributed by atoms with E-state index in [1.165, 1.54) is 17.5 Å². The van der Waals surface area contributed by atoms with Crippen LogP contribution in [0.15, 0.2) is 29.1 Å². The summed E-state index contributed by atoms with van der Waals surface area (Å²) < 4.78 is 47.9. The van der Waals surface area contributed by atoms with Crippen molar-refractivity contribution in [2.24, 2.45) is 0 Å². The molecule has 13 heteroatoms. The number of rotatable bonds is 6. The fraction of sp³-hybridized carbons (Fsp3) is 0.462. The number of nitrogens with zero attached hydrogens (tertiary/aromatic N) is 5. The van der Waals surface area contributed by atoms with Gasteiger partial charge in [-0.25, -0.2) is 0 Å². The third-order valence-corrected chi connectivity index (χ3v) is 6.88. The van der Waals surface area contributed by atoms with Crippen LogP contribution in [-0.2, 0) is 28.7 Å². The third-order valence-electron chi connectivity index (χ3n) is 6.88. The van der Waals surface area contributed by atoms with E-state index in [9.17, 15) is 22.8 Å². The van der Waals surface area contributed by atoms with Gasteiger partial charge in [0.15, 0.2) is 5.76 Å². The Balaban J connectivity index is 1.56. The van der Waals surface area contributed by atoms with Crippen LogP contribution in [0.3, 0.4) is 0 Å². The molecule has 0 atom stereocenters. The predicted octanol–water partition coefficient (Wildman–Crippen LogP) is 2.98. The van der Waals surface area contributed by atoms with Crippen molar-refractivity contribution in [3.05, 3.63) is 57.3 Å². The van der Waals surface area contributed by atoms with E-state index in [1.807, 2.05) is 17.9 Å². The number of benzene rings is 1. The van der Waals surface area contributed by atoms with Crippen molar-refractivity contribution in [2.75, 3.05) is 43.0 Å². The number of anilines is 2. The highest BCUT2D eigenvalue weighted by molar-refractivity contribution is 5.91. The van der Waals surface area contributed by atoms with Crippen molar-refractivity contribution in [3.63, 3.8) is 0 Å². The average molecular weight is 546 g/mol. The van der Waals surface area contributed by atoms with Gasteiger partial charge in [0.2, 0.25) is 17.5 Å². The number of hydrogen-bond acceptors (Lipinski definition) is 7. The number of carbonyl (C=O) groups excluding carboxylic acids is 1. The van der Waals surface area contributed by atoms with Crippen LogP contribution in [0.5, 0.6) is 0 Å². The lowest BCUT2D eigenvalue weighted by atomic mass is 10.1. The maximum atomic E-state index is 13.7. The minimum atomic E-state index is -4.48. The van der Waals surface area contributed by atoms with Gasteiger partial charge in [-0.3, -0.25) is 9.59 Å². The first kappa shape index (κ1) is 26.7. The molecule has 1 fully saturated rings. The molecule has 0 radical (unpaired) electrons. The van der Waals surface area contributed by atoms with Crippen molar-refractivity contribution >= 4 is 28.8 Å². The Hall–Kier alpha value is -3.87. The summed E-state index contributed by atoms with van der Waals surface area (Å²) in [7, 11) is 0. The van der Waals surface area contributed by atoms with E-state index in [0.29, 0.717) is 56.3 Å². The minimum absolute atomic E-state index is 0.195. The van der Waals surface area contributed by atoms with Gasteiger partial charge in [-0.1, -0.05) is 6.92 Å². The minimum Gasteiger partial charge on any atom is -0.490 e. The Kier molecular flexibility index (Phi) is 7.34. The van der Waals surface area contributed by atoms with Crippen molar-refractivity contribution in [1.82, 2.24) is 24.5 Å². The number of piperazine rings is 1. The Morgan fingerprint density at radius 1 is 1.23 bits per heavy atom. The summed E-state index contributed by atoms with van der Waals surface area (Å²) in [4.78, 5) is 33.6. The van der Waals surface area contributed by atoms with Gasteiger partial charge in [-0.2, -0.15) is 22.7 Å². The summed E-state index contributed by atoms with van der Waals surface area (Å²) in [6.45, 7) is 6.34. The monoisotopic (exact) mass is 545 g/mol. The summed E-state index contributed by atoms with van der Waals surface area (Å²) in [5.74, 6) is 0.476. The molecule has 2 aromatic heterocycles. The molecule has 10 nitrogen and oxygen atoms in total. The second kappa shape index (κ2) is 10.7. The van der Waals surface area contributed by atoms with E-state index in [4.69, 9.17) is 4.74 Å². The largest absolute Gasteiger partial charge is 0.490 e. The molecule has 1 aromatic carbocycles. The lowest BCUT2D eigenvalue weighted by Crippen LogP contribution is -2.47. The third kappa shape index (κ3) is 5.35. The summed E-state index contributed by atoms with van der Waals surface area (Å²) in [5, 5.41) is 10.5. The summed E-state index contributed by atoms with van der Waals surface area (Å²) in [6, 6.07) is 3.17. The fourth-order valence-corrected chi connectivity index (χ4v) is 4.95. The molecule has 39 heavy (non-hydrogen) atoms. The number of allylic oxidation sites excluding steroid dienone is 1. The van der Waals surface area contributed by atoms with E-state index < -0.39 is 17.6 Å². The number of nitrogens with one attached hydrogen (secondary N) is 2. The molecule has 2 N–H and O–H groups in total. The highest BCUT2D eigenvalue weighted by Crippen LogP contribution is 2.31. The number of fused-ring (bicyclic) bond motifs is 1. The van der Waals surface area contributed by atoms with Crippen LogP contribution in [0.1, 0.15) is 42.4 Å². The number of aromatic nitrogens is 4. The van der Waals surface area contributed by atoms with Crippen LogP contribution in [0.2, 0.25) is 0 Å². The first-order chi connectivity index (χ1) is 18.7. The van der Waals surface area contributed by atoms with Crippen LogP contribution in [0, 0.1) is 6.92 Å². The second-order valence-corrected chi connectivity index (χ2v) is 9.56. The van der Waals surface area contributed by atoms with Gasteiger partial charge in [0, 0.05) is 31.9 Å². The molecular weight excluding hydrogens is 515 g/mol. The predicted molar refractivity (Wildman–Crippen MR) is 140 cm³/mol. The quantitative estimate of drug-likeness (QED) is 0.491. The SMILES string of the molecule is CCc1c(N2CCNCC2)c(=O)n2nc(C3=CCCCO3)nc2n1CC(=O)Nc1ccc(C(F)(F)F)cc1C. The van der Waals surface area contributed by atoms with E-state index in [0.717, 1.165) is 25.0 Å². The topological polar surface area (TPSA) is 106 Å². The molecule has 0 saturated carbocycles. The van der Waals surface area contributed by atoms with E-state index in [1.54, 1.807) is 4.57 Å². The molecule has 2 aliphatic heterocycles. The van der Waals surface area contributed by atoms with Gasteiger partial charge in [0.1, 0.15) is 12.2 Å². The van der Waals surface area contributed by atoms with Crippen LogP contribution >= 0.6 is 0 Å². The van der Waals surface area contributed by atoms with Gasteiger partial charge >= 0.3 is 6.18 Å². The van der Waals surface area contributed by atoms with Crippen molar-refractivity contribution in [1.29, 1.82) is 0 Å². The molecule has 1 amide bonds. The van der Waals surface area contributed by atoms with Gasteiger partial charge in [0.05, 0.1) is 17.9 Å². The van der Waals surface area contributed by atoms with E-state index in [-0.39, 0.29) is 35.0 Å². The molecule has 208 valence electrons. The van der Waals surface area contributed by atoms with Crippen LogP contribution < -0.4 is 21.1 Å². The summed E-state index contributed by atoms with van der Waals surface area (Å²) >= 11 is 0. The fourth-order valence-electron chi connectivity index (χ4n) is 4.95.